The van der Waals surface area contributed by atoms with Crippen molar-refractivity contribution in [2.45, 2.75) is 51.0 Å². The SMILES string of the molecule is CN=C(NCC1(c2cccc(Cl)c2)CC1)NC1CCN(C(=O)C(C)C)CC1.I. The molecular weight excluding hydrogens is 487 g/mol. The molecule has 1 saturated carbocycles. The third-order valence-corrected chi connectivity index (χ3v) is 5.98. The van der Waals surface area contributed by atoms with Gasteiger partial charge in [0.2, 0.25) is 5.91 Å². The van der Waals surface area contributed by atoms with Crippen LogP contribution < -0.4 is 10.6 Å². The number of rotatable bonds is 5. The highest BCUT2D eigenvalue weighted by Gasteiger charge is 2.44. The van der Waals surface area contributed by atoms with Crippen molar-refractivity contribution in [3.63, 3.8) is 0 Å². The molecule has 1 aliphatic carbocycles. The molecule has 0 atom stereocenters. The number of halogens is 2. The summed E-state index contributed by atoms with van der Waals surface area (Å²) in [4.78, 5) is 18.5. The molecule has 0 radical (unpaired) electrons. The van der Waals surface area contributed by atoms with Crippen LogP contribution >= 0.6 is 35.6 Å². The Morgan fingerprint density at radius 3 is 2.54 bits per heavy atom. The Balaban J connectivity index is 0.00000280. The van der Waals surface area contributed by atoms with Crippen LogP contribution in [0.25, 0.3) is 0 Å². The summed E-state index contributed by atoms with van der Waals surface area (Å²) in [5.41, 5.74) is 1.48. The summed E-state index contributed by atoms with van der Waals surface area (Å²) in [5, 5.41) is 7.83. The quantitative estimate of drug-likeness (QED) is 0.354. The topological polar surface area (TPSA) is 56.7 Å². The van der Waals surface area contributed by atoms with Crippen molar-refractivity contribution in [3.05, 3.63) is 34.9 Å². The van der Waals surface area contributed by atoms with Crippen molar-refractivity contribution in [2.24, 2.45) is 10.9 Å². The van der Waals surface area contributed by atoms with Crippen LogP contribution in [0, 0.1) is 5.92 Å². The van der Waals surface area contributed by atoms with Gasteiger partial charge in [0, 0.05) is 49.1 Å². The lowest BCUT2D eigenvalue weighted by Gasteiger charge is -2.34. The normalized spacial score (nSPS) is 19.2. The number of amides is 1. The van der Waals surface area contributed by atoms with E-state index < -0.39 is 0 Å². The highest BCUT2D eigenvalue weighted by atomic mass is 127. The lowest BCUT2D eigenvalue weighted by atomic mass is 9.96. The molecule has 1 saturated heterocycles. The Bertz CT molecular complexity index is 697. The summed E-state index contributed by atoms with van der Waals surface area (Å²) in [7, 11) is 1.81. The highest BCUT2D eigenvalue weighted by Crippen LogP contribution is 2.48. The van der Waals surface area contributed by atoms with E-state index in [0.717, 1.165) is 43.5 Å². The van der Waals surface area contributed by atoms with Crippen LogP contribution in [0.4, 0.5) is 0 Å². The Morgan fingerprint density at radius 2 is 2.00 bits per heavy atom. The number of benzene rings is 1. The van der Waals surface area contributed by atoms with Gasteiger partial charge in [-0.2, -0.15) is 0 Å². The fourth-order valence-corrected chi connectivity index (χ4v) is 3.98. The molecule has 1 aromatic carbocycles. The van der Waals surface area contributed by atoms with Crippen molar-refractivity contribution >= 4 is 47.4 Å². The number of aliphatic imine (C=N–C) groups is 1. The van der Waals surface area contributed by atoms with E-state index in [2.05, 4.69) is 27.8 Å². The van der Waals surface area contributed by atoms with Gasteiger partial charge in [0.1, 0.15) is 0 Å². The number of nitrogens with one attached hydrogen (secondary N) is 2. The maximum Gasteiger partial charge on any atom is 0.225 e. The molecule has 0 aromatic heterocycles. The minimum Gasteiger partial charge on any atom is -0.356 e. The first-order valence-corrected chi connectivity index (χ1v) is 10.3. The van der Waals surface area contributed by atoms with E-state index in [-0.39, 0.29) is 41.2 Å². The van der Waals surface area contributed by atoms with Gasteiger partial charge in [0.15, 0.2) is 5.96 Å². The van der Waals surface area contributed by atoms with Crippen molar-refractivity contribution in [1.82, 2.24) is 15.5 Å². The number of carbonyl (C=O) groups is 1. The molecule has 0 spiro atoms. The molecule has 3 rings (SSSR count). The molecule has 1 aliphatic heterocycles. The van der Waals surface area contributed by atoms with Crippen LogP contribution in [0.3, 0.4) is 0 Å². The van der Waals surface area contributed by atoms with Crippen molar-refractivity contribution in [2.75, 3.05) is 26.7 Å². The summed E-state index contributed by atoms with van der Waals surface area (Å²) in [6, 6.07) is 8.54. The van der Waals surface area contributed by atoms with Crippen LogP contribution in [-0.2, 0) is 10.2 Å². The van der Waals surface area contributed by atoms with E-state index in [1.54, 1.807) is 0 Å². The van der Waals surface area contributed by atoms with Crippen LogP contribution in [0.2, 0.25) is 5.02 Å². The largest absolute Gasteiger partial charge is 0.356 e. The fourth-order valence-electron chi connectivity index (χ4n) is 3.79. The second-order valence-electron chi connectivity index (χ2n) is 8.12. The highest BCUT2D eigenvalue weighted by molar-refractivity contribution is 14.0. The van der Waals surface area contributed by atoms with E-state index >= 15 is 0 Å². The van der Waals surface area contributed by atoms with Crippen molar-refractivity contribution in [3.8, 4) is 0 Å². The molecule has 2 fully saturated rings. The lowest BCUT2D eigenvalue weighted by Crippen LogP contribution is -2.51. The third-order valence-electron chi connectivity index (χ3n) is 5.75. The average Bonchev–Trinajstić information content (AvgIpc) is 3.46. The van der Waals surface area contributed by atoms with Gasteiger partial charge in [-0.15, -0.1) is 24.0 Å². The predicted octanol–water partition coefficient (Wildman–Crippen LogP) is 3.80. The van der Waals surface area contributed by atoms with Gasteiger partial charge in [0.05, 0.1) is 0 Å². The number of likely N-dealkylation sites (tertiary alicyclic amines) is 1. The third kappa shape index (κ3) is 5.75. The zero-order chi connectivity index (χ0) is 19.4. The number of nitrogens with zero attached hydrogens (tertiary/aromatic N) is 2. The van der Waals surface area contributed by atoms with E-state index in [0.29, 0.717) is 6.04 Å². The molecule has 2 N–H and O–H groups in total. The molecule has 0 unspecified atom stereocenters. The van der Waals surface area contributed by atoms with Gasteiger partial charge in [-0.1, -0.05) is 37.6 Å². The van der Waals surface area contributed by atoms with E-state index in [1.807, 2.05) is 37.9 Å². The van der Waals surface area contributed by atoms with Crippen LogP contribution in [0.15, 0.2) is 29.3 Å². The Morgan fingerprint density at radius 1 is 1.32 bits per heavy atom. The van der Waals surface area contributed by atoms with Gasteiger partial charge < -0.3 is 15.5 Å². The summed E-state index contributed by atoms with van der Waals surface area (Å²) in [6.45, 7) is 6.42. The lowest BCUT2D eigenvalue weighted by molar-refractivity contribution is -0.135. The maximum absolute atomic E-state index is 12.1. The number of carbonyl (C=O) groups excluding carboxylic acids is 1. The summed E-state index contributed by atoms with van der Waals surface area (Å²) in [6.07, 6.45) is 4.26. The summed E-state index contributed by atoms with van der Waals surface area (Å²) >= 11 is 6.17. The second kappa shape index (κ2) is 10.1. The molecule has 28 heavy (non-hydrogen) atoms. The van der Waals surface area contributed by atoms with Crippen LogP contribution in [-0.4, -0.2) is 49.5 Å². The smallest absolute Gasteiger partial charge is 0.225 e. The van der Waals surface area contributed by atoms with Crippen LogP contribution in [0.5, 0.6) is 0 Å². The number of hydrogen-bond acceptors (Lipinski definition) is 2. The number of piperidine rings is 1. The van der Waals surface area contributed by atoms with Crippen molar-refractivity contribution in [1.29, 1.82) is 0 Å². The molecular formula is C21H32ClIN4O. The minimum atomic E-state index is 0. The molecule has 1 aromatic rings. The molecule has 156 valence electrons. The Kier molecular flexibility index (Phi) is 8.43. The van der Waals surface area contributed by atoms with Gasteiger partial charge in [-0.25, -0.2) is 0 Å². The van der Waals surface area contributed by atoms with Gasteiger partial charge >= 0.3 is 0 Å². The maximum atomic E-state index is 12.1. The first kappa shape index (κ1) is 23.3. The molecule has 5 nitrogen and oxygen atoms in total. The predicted molar refractivity (Wildman–Crippen MR) is 127 cm³/mol. The van der Waals surface area contributed by atoms with Gasteiger partial charge in [-0.3, -0.25) is 9.79 Å². The molecule has 0 bridgehead atoms. The van der Waals surface area contributed by atoms with E-state index in [1.165, 1.54) is 18.4 Å². The standard InChI is InChI=1S/C21H31ClN4O.HI/c1-15(2)19(27)26-11-7-18(8-12-26)25-20(23-3)24-14-21(9-10-21)16-5-4-6-17(22)13-16;/h4-6,13,15,18H,7-12,14H2,1-3H3,(H2,23,24,25);1H. The molecule has 7 heteroatoms. The van der Waals surface area contributed by atoms with E-state index in [9.17, 15) is 4.79 Å². The zero-order valence-corrected chi connectivity index (χ0v) is 20.1. The Labute approximate surface area is 190 Å². The summed E-state index contributed by atoms with van der Waals surface area (Å²) < 4.78 is 0. The zero-order valence-electron chi connectivity index (χ0n) is 17.0. The number of guanidine groups is 1. The second-order valence-corrected chi connectivity index (χ2v) is 8.55. The Hall–Kier alpha value is -1.02. The van der Waals surface area contributed by atoms with Gasteiger partial charge in [-0.05, 0) is 43.4 Å². The first-order valence-electron chi connectivity index (χ1n) is 9.95. The average molecular weight is 519 g/mol. The van der Waals surface area contributed by atoms with E-state index in [4.69, 9.17) is 11.6 Å². The minimum absolute atomic E-state index is 0. The molecule has 1 amide bonds. The van der Waals surface area contributed by atoms with Gasteiger partial charge in [0.25, 0.3) is 0 Å². The van der Waals surface area contributed by atoms with Crippen molar-refractivity contribution < 1.29 is 4.79 Å². The molecule has 1 heterocycles. The monoisotopic (exact) mass is 518 g/mol. The number of hydrogen-bond donors (Lipinski definition) is 2. The fraction of sp³-hybridized carbons (Fsp3) is 0.619. The summed E-state index contributed by atoms with van der Waals surface area (Å²) in [5.74, 6) is 1.18. The first-order chi connectivity index (χ1) is 12.9. The van der Waals surface area contributed by atoms with Crippen LogP contribution in [0.1, 0.15) is 45.1 Å². The molecule has 2 aliphatic rings.